The zero-order valence-corrected chi connectivity index (χ0v) is 17.9. The molecule has 0 aromatic carbocycles. The Morgan fingerprint density at radius 1 is 1.17 bits per heavy atom. The predicted molar refractivity (Wildman–Crippen MR) is 111 cm³/mol. The first-order chi connectivity index (χ1) is 13.0. The molecule has 1 atom stereocenters. The third-order valence-corrected chi connectivity index (χ3v) is 5.98. The molecule has 4 aliphatic rings. The van der Waals surface area contributed by atoms with Crippen molar-refractivity contribution in [2.45, 2.75) is 44.2 Å². The first-order valence-corrected chi connectivity index (χ1v) is 9.79. The summed E-state index contributed by atoms with van der Waals surface area (Å²) in [6, 6.07) is -0.596. The molecule has 4 aliphatic heterocycles. The summed E-state index contributed by atoms with van der Waals surface area (Å²) in [6.45, 7) is 3.63. The molecule has 0 aromatic rings. The number of aliphatic carboxylic acids is 1. The maximum atomic E-state index is 12.8. The van der Waals surface area contributed by atoms with Crippen molar-refractivity contribution in [1.82, 2.24) is 24.9 Å². The SMILES string of the molecule is Cl.Cl.O=C(O)C(CN1C=C2C(=O)N(C3CCNCC3)CN2C1)N1CCCCC1=O. The van der Waals surface area contributed by atoms with Crippen molar-refractivity contribution in [2.24, 2.45) is 0 Å². The maximum Gasteiger partial charge on any atom is 0.328 e. The number of rotatable bonds is 5. The number of carbonyl (C=O) groups excluding carboxylic acids is 2. The smallest absolute Gasteiger partial charge is 0.328 e. The Kier molecular flexibility index (Phi) is 8.02. The molecule has 0 aromatic heterocycles. The Bertz CT molecular complexity index is 671. The summed E-state index contributed by atoms with van der Waals surface area (Å²) in [5.74, 6) is -1.04. The minimum atomic E-state index is -0.988. The van der Waals surface area contributed by atoms with Crippen LogP contribution in [0.5, 0.6) is 0 Å². The Morgan fingerprint density at radius 3 is 2.52 bits per heavy atom. The molecule has 0 aliphatic carbocycles. The summed E-state index contributed by atoms with van der Waals surface area (Å²) in [4.78, 5) is 44.0. The molecule has 9 nitrogen and oxygen atoms in total. The maximum absolute atomic E-state index is 12.8. The van der Waals surface area contributed by atoms with Crippen LogP contribution in [-0.4, -0.2) is 94.1 Å². The molecule has 0 bridgehead atoms. The average molecular weight is 450 g/mol. The lowest BCUT2D eigenvalue weighted by atomic mass is 10.1. The van der Waals surface area contributed by atoms with Crippen LogP contribution in [-0.2, 0) is 14.4 Å². The zero-order chi connectivity index (χ0) is 19.0. The van der Waals surface area contributed by atoms with Crippen LogP contribution in [0.15, 0.2) is 11.9 Å². The Hall–Kier alpha value is -1.71. The van der Waals surface area contributed by atoms with Crippen LogP contribution in [0.2, 0.25) is 0 Å². The second kappa shape index (κ2) is 9.86. The number of likely N-dealkylation sites (tertiary alicyclic amines) is 1. The van der Waals surface area contributed by atoms with Crippen molar-refractivity contribution in [1.29, 1.82) is 0 Å². The van der Waals surface area contributed by atoms with Crippen LogP contribution in [0.4, 0.5) is 0 Å². The van der Waals surface area contributed by atoms with E-state index in [1.807, 2.05) is 14.7 Å². The number of carboxylic acid groups (broad SMARTS) is 1. The second-order valence-electron chi connectivity index (χ2n) is 7.76. The van der Waals surface area contributed by atoms with Crippen molar-refractivity contribution >= 4 is 42.6 Å². The number of carbonyl (C=O) groups is 3. The predicted octanol–water partition coefficient (Wildman–Crippen LogP) is 0.264. The topological polar surface area (TPSA) is 96.4 Å². The first kappa shape index (κ1) is 23.6. The largest absolute Gasteiger partial charge is 0.480 e. The van der Waals surface area contributed by atoms with Gasteiger partial charge in [-0.25, -0.2) is 4.79 Å². The van der Waals surface area contributed by atoms with E-state index in [9.17, 15) is 19.5 Å². The van der Waals surface area contributed by atoms with E-state index in [1.54, 1.807) is 6.20 Å². The monoisotopic (exact) mass is 449 g/mol. The van der Waals surface area contributed by atoms with Crippen LogP contribution in [0.3, 0.4) is 0 Å². The fourth-order valence-electron chi connectivity index (χ4n) is 4.50. The Morgan fingerprint density at radius 2 is 1.90 bits per heavy atom. The molecule has 0 spiro atoms. The first-order valence-electron chi connectivity index (χ1n) is 9.79. The molecular formula is C18H29Cl2N5O4. The number of fused-ring (bicyclic) bond motifs is 1. The summed E-state index contributed by atoms with van der Waals surface area (Å²) in [6.07, 6.45) is 5.79. The molecule has 3 fully saturated rings. The van der Waals surface area contributed by atoms with Gasteiger partial charge in [-0.2, -0.15) is 0 Å². The van der Waals surface area contributed by atoms with Crippen LogP contribution >= 0.6 is 24.8 Å². The van der Waals surface area contributed by atoms with Crippen molar-refractivity contribution in [3.05, 3.63) is 11.9 Å². The molecule has 4 rings (SSSR count). The van der Waals surface area contributed by atoms with Gasteiger partial charge in [-0.1, -0.05) is 0 Å². The number of nitrogens with zero attached hydrogens (tertiary/aromatic N) is 4. The molecule has 11 heteroatoms. The molecule has 2 amide bonds. The molecule has 2 N–H and O–H groups in total. The highest BCUT2D eigenvalue weighted by molar-refractivity contribution is 5.95. The van der Waals surface area contributed by atoms with E-state index in [0.29, 0.717) is 32.0 Å². The van der Waals surface area contributed by atoms with Gasteiger partial charge in [0, 0.05) is 25.2 Å². The summed E-state index contributed by atoms with van der Waals surface area (Å²) < 4.78 is 0. The number of piperidine rings is 2. The van der Waals surface area contributed by atoms with E-state index in [1.165, 1.54) is 4.90 Å². The van der Waals surface area contributed by atoms with Gasteiger partial charge in [-0.15, -0.1) is 24.8 Å². The number of carboxylic acids is 1. The number of nitrogens with one attached hydrogen (secondary N) is 1. The second-order valence-corrected chi connectivity index (χ2v) is 7.76. The lowest BCUT2D eigenvalue weighted by Crippen LogP contribution is -2.52. The standard InChI is InChI=1S/C18H27N5O4.2ClH/c24-16-3-1-2-8-22(16)15(18(26)27)10-20-9-14-17(25)23(12-21(14)11-20)13-4-6-19-7-5-13;;/h9,13,15,19H,1-8,10-12H2,(H,26,27);2*1H. The van der Waals surface area contributed by atoms with Crippen molar-refractivity contribution < 1.29 is 19.5 Å². The lowest BCUT2D eigenvalue weighted by molar-refractivity contribution is -0.152. The van der Waals surface area contributed by atoms with E-state index in [0.717, 1.165) is 38.8 Å². The van der Waals surface area contributed by atoms with Crippen molar-refractivity contribution in [3.8, 4) is 0 Å². The molecule has 164 valence electrons. The van der Waals surface area contributed by atoms with Gasteiger partial charge in [0.05, 0.1) is 19.9 Å². The van der Waals surface area contributed by atoms with Gasteiger partial charge in [0.1, 0.15) is 11.7 Å². The zero-order valence-electron chi connectivity index (χ0n) is 16.3. The van der Waals surface area contributed by atoms with Gasteiger partial charge in [-0.05, 0) is 38.8 Å². The quantitative estimate of drug-likeness (QED) is 0.621. The fraction of sp³-hybridized carbons (Fsp3) is 0.722. The van der Waals surface area contributed by atoms with Crippen LogP contribution in [0, 0.1) is 0 Å². The highest BCUT2D eigenvalue weighted by Gasteiger charge is 2.42. The van der Waals surface area contributed by atoms with E-state index in [-0.39, 0.29) is 49.2 Å². The molecular weight excluding hydrogens is 421 g/mol. The summed E-state index contributed by atoms with van der Waals surface area (Å²) in [5.41, 5.74) is 0.641. The van der Waals surface area contributed by atoms with Gasteiger partial charge in [0.25, 0.3) is 5.91 Å². The summed E-state index contributed by atoms with van der Waals surface area (Å²) >= 11 is 0. The molecule has 1 unspecified atom stereocenters. The van der Waals surface area contributed by atoms with Crippen LogP contribution in [0.1, 0.15) is 32.1 Å². The van der Waals surface area contributed by atoms with E-state index in [2.05, 4.69) is 5.32 Å². The van der Waals surface area contributed by atoms with E-state index < -0.39 is 12.0 Å². The van der Waals surface area contributed by atoms with Gasteiger partial charge in [0.15, 0.2) is 0 Å². The molecule has 4 heterocycles. The van der Waals surface area contributed by atoms with Gasteiger partial charge in [-0.3, -0.25) is 9.59 Å². The number of hydrogen-bond acceptors (Lipinski definition) is 6. The fourth-order valence-corrected chi connectivity index (χ4v) is 4.50. The third-order valence-electron chi connectivity index (χ3n) is 5.98. The average Bonchev–Trinajstić information content (AvgIpc) is 3.20. The van der Waals surface area contributed by atoms with E-state index >= 15 is 0 Å². The molecule has 3 saturated heterocycles. The molecule has 0 saturated carbocycles. The summed E-state index contributed by atoms with van der Waals surface area (Å²) in [5, 5.41) is 13.0. The Balaban J connectivity index is 0.00000150. The number of hydrogen-bond donors (Lipinski definition) is 2. The van der Waals surface area contributed by atoms with Crippen LogP contribution < -0.4 is 5.32 Å². The minimum Gasteiger partial charge on any atom is -0.480 e. The highest BCUT2D eigenvalue weighted by atomic mass is 35.5. The molecule has 0 radical (unpaired) electrons. The van der Waals surface area contributed by atoms with Crippen LogP contribution in [0.25, 0.3) is 0 Å². The molecule has 29 heavy (non-hydrogen) atoms. The highest BCUT2D eigenvalue weighted by Crippen LogP contribution is 2.29. The number of amides is 2. The van der Waals surface area contributed by atoms with Crippen molar-refractivity contribution in [3.63, 3.8) is 0 Å². The van der Waals surface area contributed by atoms with Gasteiger partial charge >= 0.3 is 5.97 Å². The third kappa shape index (κ3) is 4.73. The van der Waals surface area contributed by atoms with Gasteiger partial charge in [0.2, 0.25) is 5.91 Å². The number of halogens is 2. The Labute approximate surface area is 182 Å². The minimum absolute atomic E-state index is 0. The van der Waals surface area contributed by atoms with Crippen molar-refractivity contribution in [2.75, 3.05) is 39.5 Å². The normalized spacial score (nSPS) is 23.4. The van der Waals surface area contributed by atoms with E-state index in [4.69, 9.17) is 0 Å². The van der Waals surface area contributed by atoms with Gasteiger partial charge < -0.3 is 30.0 Å². The lowest BCUT2D eigenvalue weighted by Gasteiger charge is -2.35. The summed E-state index contributed by atoms with van der Waals surface area (Å²) in [7, 11) is 0.